The summed E-state index contributed by atoms with van der Waals surface area (Å²) in [7, 11) is -1.38. The monoisotopic (exact) mass is 354 g/mol. The molecule has 2 heterocycles. The van der Waals surface area contributed by atoms with Gasteiger partial charge in [-0.3, -0.25) is 4.79 Å². The van der Waals surface area contributed by atoms with Crippen molar-refractivity contribution in [2.75, 3.05) is 36.5 Å². The molecule has 1 aromatic rings. The molecule has 8 heteroatoms. The van der Waals surface area contributed by atoms with E-state index in [0.717, 1.165) is 25.9 Å². The minimum Gasteiger partial charge on any atom is -0.341 e. The molecule has 24 heavy (non-hydrogen) atoms. The van der Waals surface area contributed by atoms with Crippen LogP contribution in [0.15, 0.2) is 12.4 Å². The van der Waals surface area contributed by atoms with Crippen LogP contribution in [0.3, 0.4) is 0 Å². The molecule has 1 fully saturated rings. The number of amides is 1. The molecule has 1 unspecified atom stereocenters. The molecule has 1 atom stereocenters. The summed E-state index contributed by atoms with van der Waals surface area (Å²) in [6.45, 7) is 5.96. The smallest absolute Gasteiger partial charge is 0.257 e. The van der Waals surface area contributed by atoms with E-state index in [2.05, 4.69) is 28.7 Å². The van der Waals surface area contributed by atoms with Gasteiger partial charge in [-0.15, -0.1) is 0 Å². The molecule has 0 bridgehead atoms. The fourth-order valence-corrected chi connectivity index (χ4v) is 4.67. The van der Waals surface area contributed by atoms with Crippen LogP contribution >= 0.6 is 0 Å². The number of carbonyl (C=O) groups is 1. The van der Waals surface area contributed by atoms with Gasteiger partial charge in [0.25, 0.3) is 5.91 Å². The first kappa shape index (κ1) is 18.6. The Morgan fingerprint density at radius 1 is 1.21 bits per heavy atom. The highest BCUT2D eigenvalue weighted by molar-refractivity contribution is 7.91. The first-order chi connectivity index (χ1) is 11.4. The van der Waals surface area contributed by atoms with E-state index in [4.69, 9.17) is 0 Å². The lowest BCUT2D eigenvalue weighted by atomic mass is 10.2. The highest BCUT2D eigenvalue weighted by Crippen LogP contribution is 2.18. The summed E-state index contributed by atoms with van der Waals surface area (Å²) in [6.07, 6.45) is 5.56. The van der Waals surface area contributed by atoms with Crippen molar-refractivity contribution in [1.82, 2.24) is 14.9 Å². The number of carbonyl (C=O) groups excluding carboxylic acids is 1. The van der Waals surface area contributed by atoms with Crippen molar-refractivity contribution in [3.05, 3.63) is 18.0 Å². The summed E-state index contributed by atoms with van der Waals surface area (Å²) in [5, 5.41) is 0. The van der Waals surface area contributed by atoms with Crippen molar-refractivity contribution in [2.45, 2.75) is 39.2 Å². The first-order valence-corrected chi connectivity index (χ1v) is 10.2. The van der Waals surface area contributed by atoms with Crippen molar-refractivity contribution >= 4 is 21.7 Å². The van der Waals surface area contributed by atoms with Gasteiger partial charge in [0.2, 0.25) is 5.95 Å². The van der Waals surface area contributed by atoms with Crippen LogP contribution in [0, 0.1) is 0 Å². The van der Waals surface area contributed by atoms with Gasteiger partial charge in [0.05, 0.1) is 17.1 Å². The summed E-state index contributed by atoms with van der Waals surface area (Å²) >= 11 is 0. The third-order valence-electron chi connectivity index (χ3n) is 4.23. The molecular weight excluding hydrogens is 328 g/mol. The third kappa shape index (κ3) is 4.43. The van der Waals surface area contributed by atoms with Gasteiger partial charge in [0.1, 0.15) is 0 Å². The minimum absolute atomic E-state index is 0.0367. The number of anilines is 1. The predicted octanol–water partition coefficient (Wildman–Crippen LogP) is 1.36. The van der Waals surface area contributed by atoms with Gasteiger partial charge in [-0.05, 0) is 19.3 Å². The Hall–Kier alpha value is -1.70. The number of hydrogen-bond acceptors (Lipinski definition) is 6. The molecular formula is C16H26N4O3S. The average molecular weight is 354 g/mol. The standard InChI is InChI=1S/C16H26N4O3S/c1-4-7-20(8-5-2)16-17-10-13(11-18-16)15(21)19(3)14-6-9-24(22,23)12-14/h10-11,14H,4-9,12H2,1-3H3. The van der Waals surface area contributed by atoms with Gasteiger partial charge in [-0.1, -0.05) is 13.8 Å². The fraction of sp³-hybridized carbons (Fsp3) is 0.688. The van der Waals surface area contributed by atoms with E-state index in [1.807, 2.05) is 0 Å². The van der Waals surface area contributed by atoms with Crippen LogP contribution in [0.5, 0.6) is 0 Å². The van der Waals surface area contributed by atoms with Gasteiger partial charge in [0, 0.05) is 38.6 Å². The largest absolute Gasteiger partial charge is 0.341 e. The van der Waals surface area contributed by atoms with Crippen molar-refractivity contribution in [2.24, 2.45) is 0 Å². The second-order valence-electron chi connectivity index (χ2n) is 6.23. The quantitative estimate of drug-likeness (QED) is 0.735. The van der Waals surface area contributed by atoms with Crippen molar-refractivity contribution in [1.29, 1.82) is 0 Å². The topological polar surface area (TPSA) is 83.5 Å². The van der Waals surface area contributed by atoms with Crippen LogP contribution in [0.25, 0.3) is 0 Å². The second kappa shape index (κ2) is 7.92. The van der Waals surface area contributed by atoms with Gasteiger partial charge in [0.15, 0.2) is 9.84 Å². The number of nitrogens with zero attached hydrogens (tertiary/aromatic N) is 4. The second-order valence-corrected chi connectivity index (χ2v) is 8.46. The molecule has 0 saturated carbocycles. The van der Waals surface area contributed by atoms with Crippen LogP contribution in [0.2, 0.25) is 0 Å². The molecule has 1 aliphatic rings. The Morgan fingerprint density at radius 2 is 1.79 bits per heavy atom. The van der Waals surface area contributed by atoms with E-state index < -0.39 is 9.84 Å². The van der Waals surface area contributed by atoms with E-state index in [0.29, 0.717) is 17.9 Å². The Morgan fingerprint density at radius 3 is 2.25 bits per heavy atom. The molecule has 1 aliphatic heterocycles. The summed E-state index contributed by atoms with van der Waals surface area (Å²) in [4.78, 5) is 24.8. The van der Waals surface area contributed by atoms with Crippen molar-refractivity contribution < 1.29 is 13.2 Å². The molecule has 0 spiro atoms. The zero-order valence-electron chi connectivity index (χ0n) is 14.6. The van der Waals surface area contributed by atoms with Crippen LogP contribution < -0.4 is 4.90 Å². The summed E-state index contributed by atoms with van der Waals surface area (Å²) < 4.78 is 23.2. The van der Waals surface area contributed by atoms with E-state index in [-0.39, 0.29) is 23.5 Å². The summed E-state index contributed by atoms with van der Waals surface area (Å²) in [5.41, 5.74) is 0.387. The predicted molar refractivity (Wildman–Crippen MR) is 94.0 cm³/mol. The summed E-state index contributed by atoms with van der Waals surface area (Å²) in [5.74, 6) is 0.574. The minimum atomic E-state index is -3.02. The Kier molecular flexibility index (Phi) is 6.15. The molecule has 0 radical (unpaired) electrons. The SMILES string of the molecule is CCCN(CCC)c1ncc(C(=O)N(C)C2CCS(=O)(=O)C2)cn1. The van der Waals surface area contributed by atoms with Crippen LogP contribution in [0.1, 0.15) is 43.5 Å². The van der Waals surface area contributed by atoms with E-state index >= 15 is 0 Å². The highest BCUT2D eigenvalue weighted by atomic mass is 32.2. The maximum atomic E-state index is 12.5. The lowest BCUT2D eigenvalue weighted by Crippen LogP contribution is -2.38. The van der Waals surface area contributed by atoms with Crippen molar-refractivity contribution in [3.8, 4) is 0 Å². The Bertz CT molecular complexity index is 654. The van der Waals surface area contributed by atoms with Crippen LogP contribution in [-0.2, 0) is 9.84 Å². The third-order valence-corrected chi connectivity index (χ3v) is 5.98. The maximum absolute atomic E-state index is 12.5. The lowest BCUT2D eigenvalue weighted by Gasteiger charge is -2.24. The van der Waals surface area contributed by atoms with E-state index in [9.17, 15) is 13.2 Å². The molecule has 1 saturated heterocycles. The van der Waals surface area contributed by atoms with Gasteiger partial charge in [-0.2, -0.15) is 0 Å². The highest BCUT2D eigenvalue weighted by Gasteiger charge is 2.33. The number of rotatable bonds is 7. The number of sulfone groups is 1. The maximum Gasteiger partial charge on any atom is 0.257 e. The van der Waals surface area contributed by atoms with Crippen LogP contribution in [0.4, 0.5) is 5.95 Å². The molecule has 1 aromatic heterocycles. The summed E-state index contributed by atoms with van der Waals surface area (Å²) in [6, 6.07) is -0.265. The van der Waals surface area contributed by atoms with Gasteiger partial charge < -0.3 is 9.80 Å². The van der Waals surface area contributed by atoms with Crippen molar-refractivity contribution in [3.63, 3.8) is 0 Å². The zero-order valence-corrected chi connectivity index (χ0v) is 15.4. The molecule has 2 rings (SSSR count). The zero-order chi connectivity index (χ0) is 17.7. The first-order valence-electron chi connectivity index (χ1n) is 8.42. The normalized spacial score (nSPS) is 19.2. The average Bonchev–Trinajstić information content (AvgIpc) is 2.93. The van der Waals surface area contributed by atoms with Gasteiger partial charge >= 0.3 is 0 Å². The van der Waals surface area contributed by atoms with E-state index in [1.54, 1.807) is 7.05 Å². The Labute approximate surface area is 144 Å². The molecule has 1 amide bonds. The van der Waals surface area contributed by atoms with Crippen LogP contribution in [-0.4, -0.2) is 66.9 Å². The number of hydrogen-bond donors (Lipinski definition) is 0. The number of aromatic nitrogens is 2. The fourth-order valence-electron chi connectivity index (χ4n) is 2.90. The molecule has 134 valence electrons. The lowest BCUT2D eigenvalue weighted by molar-refractivity contribution is 0.0747. The van der Waals surface area contributed by atoms with E-state index in [1.165, 1.54) is 17.3 Å². The molecule has 0 aromatic carbocycles. The van der Waals surface area contributed by atoms with Gasteiger partial charge in [-0.25, -0.2) is 18.4 Å². The molecule has 0 aliphatic carbocycles. The Balaban J connectivity index is 2.08. The molecule has 7 nitrogen and oxygen atoms in total. The molecule has 0 N–H and O–H groups in total.